The maximum atomic E-state index is 12.9. The molecule has 0 saturated heterocycles. The van der Waals surface area contributed by atoms with Gasteiger partial charge in [-0.15, -0.1) is 0 Å². The van der Waals surface area contributed by atoms with Crippen molar-refractivity contribution < 1.29 is 33.0 Å². The lowest BCUT2D eigenvalue weighted by atomic mass is 10.0. The van der Waals surface area contributed by atoms with Crippen molar-refractivity contribution in [2.45, 2.75) is 32.8 Å². The van der Waals surface area contributed by atoms with Crippen LogP contribution in [-0.4, -0.2) is 30.5 Å². The largest absolute Gasteiger partial charge is 0.508 e. The summed E-state index contributed by atoms with van der Waals surface area (Å²) in [5.41, 5.74) is 6.13. The Kier molecular flexibility index (Phi) is 9.91. The third kappa shape index (κ3) is 8.77. The van der Waals surface area contributed by atoms with Crippen LogP contribution in [0, 0.1) is 13.8 Å². The SMILES string of the molecule is Cc1cc(COc2ccc(CNC(=O)c3cccc(-c4ccc(O)cc4)c3)cc2C)cc(NS(=O)(=O)Cc2ccccc2C(=O)O)c1. The molecule has 10 heteroatoms. The monoisotopic (exact) mass is 650 g/mol. The standard InChI is InChI=1S/C37H34N2O7S/c1-24-16-27(19-32(17-24)39-47(44,45)23-31-6-3-4-9-34(31)37(42)43)22-46-35-15-10-26(18-25(35)2)21-38-36(41)30-8-5-7-29(20-30)28-11-13-33(40)14-12-28/h3-20,39-40H,21-23H2,1-2H3,(H,38,41)(H,42,43). The summed E-state index contributed by atoms with van der Waals surface area (Å²) in [4.78, 5) is 24.4. The first-order chi connectivity index (χ1) is 22.5. The molecule has 0 radical (unpaired) electrons. The molecule has 47 heavy (non-hydrogen) atoms. The summed E-state index contributed by atoms with van der Waals surface area (Å²) in [6.07, 6.45) is 0. The molecular formula is C37H34N2O7S. The number of sulfonamides is 1. The number of phenols is 1. The van der Waals surface area contributed by atoms with Crippen molar-refractivity contribution in [3.63, 3.8) is 0 Å². The molecule has 0 unspecified atom stereocenters. The molecule has 4 N–H and O–H groups in total. The van der Waals surface area contributed by atoms with E-state index in [0.29, 0.717) is 23.5 Å². The topological polar surface area (TPSA) is 142 Å². The van der Waals surface area contributed by atoms with E-state index in [9.17, 15) is 28.2 Å². The summed E-state index contributed by atoms with van der Waals surface area (Å²) in [5, 5.41) is 21.9. The van der Waals surface area contributed by atoms with Gasteiger partial charge in [-0.25, -0.2) is 13.2 Å². The second-order valence-electron chi connectivity index (χ2n) is 11.2. The zero-order valence-electron chi connectivity index (χ0n) is 25.9. The van der Waals surface area contributed by atoms with Crippen LogP contribution < -0.4 is 14.8 Å². The average molecular weight is 651 g/mol. The number of carboxylic acids is 1. The number of amides is 1. The molecule has 0 saturated carbocycles. The molecule has 0 aliphatic carbocycles. The van der Waals surface area contributed by atoms with Crippen LogP contribution in [0.1, 0.15) is 48.5 Å². The summed E-state index contributed by atoms with van der Waals surface area (Å²) >= 11 is 0. The zero-order valence-corrected chi connectivity index (χ0v) is 26.7. The molecule has 0 fully saturated rings. The Labute approximate surface area is 273 Å². The van der Waals surface area contributed by atoms with Gasteiger partial charge in [0.1, 0.15) is 18.1 Å². The van der Waals surface area contributed by atoms with E-state index in [0.717, 1.165) is 33.4 Å². The summed E-state index contributed by atoms with van der Waals surface area (Å²) in [6, 6.07) is 31.0. The van der Waals surface area contributed by atoms with E-state index in [1.165, 1.54) is 12.1 Å². The van der Waals surface area contributed by atoms with E-state index in [-0.39, 0.29) is 29.4 Å². The predicted octanol–water partition coefficient (Wildman–Crippen LogP) is 6.83. The van der Waals surface area contributed by atoms with Gasteiger partial charge in [0.25, 0.3) is 5.91 Å². The summed E-state index contributed by atoms with van der Waals surface area (Å²) in [7, 11) is -3.89. The van der Waals surface area contributed by atoms with Crippen molar-refractivity contribution >= 4 is 27.6 Å². The van der Waals surface area contributed by atoms with Gasteiger partial charge in [0.05, 0.1) is 11.3 Å². The van der Waals surface area contributed by atoms with E-state index in [1.807, 2.05) is 56.3 Å². The van der Waals surface area contributed by atoms with Crippen LogP contribution in [0.5, 0.6) is 11.5 Å². The number of hydrogen-bond acceptors (Lipinski definition) is 6. The first kappa shape index (κ1) is 32.8. The van der Waals surface area contributed by atoms with Crippen LogP contribution in [-0.2, 0) is 28.9 Å². The molecule has 0 spiro atoms. The van der Waals surface area contributed by atoms with Gasteiger partial charge in [-0.2, -0.15) is 0 Å². The fourth-order valence-corrected chi connectivity index (χ4v) is 6.41. The maximum Gasteiger partial charge on any atom is 0.335 e. The lowest BCUT2D eigenvalue weighted by Crippen LogP contribution is -2.22. The molecule has 9 nitrogen and oxygen atoms in total. The molecule has 0 atom stereocenters. The third-order valence-corrected chi connectivity index (χ3v) is 8.65. The van der Waals surface area contributed by atoms with Gasteiger partial charge in [-0.05, 0) is 101 Å². The Hall–Kier alpha value is -5.61. The molecule has 240 valence electrons. The van der Waals surface area contributed by atoms with E-state index in [1.54, 1.807) is 54.6 Å². The minimum Gasteiger partial charge on any atom is -0.508 e. The number of carbonyl (C=O) groups is 2. The van der Waals surface area contributed by atoms with Gasteiger partial charge in [-0.1, -0.05) is 60.7 Å². The zero-order chi connectivity index (χ0) is 33.6. The Morgan fingerprint density at radius 2 is 1.55 bits per heavy atom. The van der Waals surface area contributed by atoms with Gasteiger partial charge in [0, 0.05) is 17.8 Å². The highest BCUT2D eigenvalue weighted by atomic mass is 32.2. The van der Waals surface area contributed by atoms with E-state index in [2.05, 4.69) is 10.0 Å². The number of carboxylic acid groups (broad SMARTS) is 1. The number of nitrogens with one attached hydrogen (secondary N) is 2. The smallest absolute Gasteiger partial charge is 0.335 e. The minimum absolute atomic E-state index is 0.0586. The van der Waals surface area contributed by atoms with E-state index >= 15 is 0 Å². The van der Waals surface area contributed by atoms with Crippen molar-refractivity contribution in [1.29, 1.82) is 0 Å². The number of rotatable bonds is 12. The first-order valence-corrected chi connectivity index (χ1v) is 16.4. The molecule has 0 aromatic heterocycles. The number of hydrogen-bond donors (Lipinski definition) is 4. The van der Waals surface area contributed by atoms with Gasteiger partial charge < -0.3 is 20.3 Å². The van der Waals surface area contributed by atoms with Crippen LogP contribution in [0.2, 0.25) is 0 Å². The lowest BCUT2D eigenvalue weighted by Gasteiger charge is -2.14. The van der Waals surface area contributed by atoms with Crippen LogP contribution in [0.4, 0.5) is 5.69 Å². The number of carbonyl (C=O) groups excluding carboxylic acids is 1. The molecule has 5 aromatic carbocycles. The van der Waals surface area contributed by atoms with E-state index in [4.69, 9.17) is 4.74 Å². The summed E-state index contributed by atoms with van der Waals surface area (Å²) < 4.78 is 34.5. The number of ether oxygens (including phenoxy) is 1. The van der Waals surface area contributed by atoms with Crippen molar-refractivity contribution in [2.24, 2.45) is 0 Å². The van der Waals surface area contributed by atoms with Gasteiger partial charge in [0.2, 0.25) is 10.0 Å². The molecule has 5 rings (SSSR count). The Bertz CT molecular complexity index is 2040. The Morgan fingerprint density at radius 1 is 0.787 bits per heavy atom. The highest BCUT2D eigenvalue weighted by molar-refractivity contribution is 7.91. The van der Waals surface area contributed by atoms with E-state index < -0.39 is 21.7 Å². The maximum absolute atomic E-state index is 12.9. The fraction of sp³-hybridized carbons (Fsp3) is 0.135. The fourth-order valence-electron chi connectivity index (χ4n) is 5.20. The summed E-state index contributed by atoms with van der Waals surface area (Å²) in [6.45, 7) is 4.26. The number of aromatic hydroxyl groups is 1. The Morgan fingerprint density at radius 3 is 2.30 bits per heavy atom. The number of phenolic OH excluding ortho intramolecular Hbond substituents is 1. The van der Waals surface area contributed by atoms with Crippen LogP contribution in [0.15, 0.2) is 109 Å². The Balaban J connectivity index is 1.19. The highest BCUT2D eigenvalue weighted by Gasteiger charge is 2.18. The van der Waals surface area contributed by atoms with Crippen LogP contribution in [0.3, 0.4) is 0 Å². The quantitative estimate of drug-likeness (QED) is 0.116. The number of aromatic carboxylic acids is 1. The normalized spacial score (nSPS) is 11.1. The van der Waals surface area contributed by atoms with Crippen molar-refractivity contribution in [2.75, 3.05) is 4.72 Å². The molecule has 5 aromatic rings. The molecule has 1 amide bonds. The number of anilines is 1. The van der Waals surface area contributed by atoms with Crippen LogP contribution in [0.25, 0.3) is 11.1 Å². The highest BCUT2D eigenvalue weighted by Crippen LogP contribution is 2.25. The molecule has 0 aliphatic rings. The number of aryl methyl sites for hydroxylation is 2. The second kappa shape index (κ2) is 14.2. The predicted molar refractivity (Wildman–Crippen MR) is 181 cm³/mol. The molecule has 0 bridgehead atoms. The lowest BCUT2D eigenvalue weighted by molar-refractivity contribution is 0.0695. The number of benzene rings is 5. The average Bonchev–Trinajstić information content (AvgIpc) is 3.03. The first-order valence-electron chi connectivity index (χ1n) is 14.8. The van der Waals surface area contributed by atoms with Crippen molar-refractivity contribution in [3.05, 3.63) is 148 Å². The van der Waals surface area contributed by atoms with Gasteiger partial charge >= 0.3 is 5.97 Å². The van der Waals surface area contributed by atoms with Crippen LogP contribution >= 0.6 is 0 Å². The molecule has 0 heterocycles. The second-order valence-corrected chi connectivity index (χ2v) is 13.0. The molecular weight excluding hydrogens is 616 g/mol. The summed E-state index contributed by atoms with van der Waals surface area (Å²) in [5.74, 6) is -1.05. The third-order valence-electron chi connectivity index (χ3n) is 7.42. The van der Waals surface area contributed by atoms with Crippen molar-refractivity contribution in [3.8, 4) is 22.6 Å². The molecule has 0 aliphatic heterocycles. The van der Waals surface area contributed by atoms with Gasteiger partial charge in [-0.3, -0.25) is 9.52 Å². The van der Waals surface area contributed by atoms with Gasteiger partial charge in [0.15, 0.2) is 0 Å². The minimum atomic E-state index is -3.89. The van der Waals surface area contributed by atoms with Crippen molar-refractivity contribution in [1.82, 2.24) is 5.32 Å².